The van der Waals surface area contributed by atoms with Gasteiger partial charge in [0.05, 0.1) is 3.79 Å². The second kappa shape index (κ2) is 4.90. The summed E-state index contributed by atoms with van der Waals surface area (Å²) in [4.78, 5) is 1.38. The summed E-state index contributed by atoms with van der Waals surface area (Å²) < 4.78 is 3.62. The zero-order valence-corrected chi connectivity index (χ0v) is 13.6. The van der Waals surface area contributed by atoms with E-state index in [-0.39, 0.29) is 0 Å². The number of halogens is 1. The first-order chi connectivity index (χ1) is 9.31. The molecule has 2 aromatic rings. The molecule has 0 unspecified atom stereocenters. The van der Waals surface area contributed by atoms with Gasteiger partial charge in [-0.3, -0.25) is 0 Å². The first-order valence-corrected chi connectivity index (χ1v) is 9.22. The number of rotatable bonds is 5. The maximum absolute atomic E-state index is 4.44. The highest BCUT2D eigenvalue weighted by molar-refractivity contribution is 9.11. The van der Waals surface area contributed by atoms with Crippen LogP contribution in [0.1, 0.15) is 48.3 Å². The van der Waals surface area contributed by atoms with Crippen molar-refractivity contribution in [3.63, 3.8) is 0 Å². The van der Waals surface area contributed by atoms with Crippen LogP contribution in [0.15, 0.2) is 21.1 Å². The normalized spacial score (nSPS) is 19.0. The summed E-state index contributed by atoms with van der Waals surface area (Å²) in [5, 5.41) is 9.99. The molecule has 2 aliphatic rings. The van der Waals surface area contributed by atoms with Crippen molar-refractivity contribution in [1.29, 1.82) is 0 Å². The van der Waals surface area contributed by atoms with Crippen molar-refractivity contribution in [3.05, 3.63) is 26.6 Å². The Labute approximate surface area is 128 Å². The fourth-order valence-electron chi connectivity index (χ4n) is 2.25. The van der Waals surface area contributed by atoms with E-state index >= 15 is 0 Å². The molecule has 2 heterocycles. The minimum absolute atomic E-state index is 0.683. The van der Waals surface area contributed by atoms with E-state index in [1.807, 2.05) is 11.8 Å². The van der Waals surface area contributed by atoms with Crippen LogP contribution in [-0.4, -0.2) is 14.8 Å². The molecule has 0 aromatic carbocycles. The van der Waals surface area contributed by atoms with E-state index in [0.29, 0.717) is 12.0 Å². The molecule has 3 nitrogen and oxygen atoms in total. The van der Waals surface area contributed by atoms with Gasteiger partial charge in [-0.15, -0.1) is 21.5 Å². The molecule has 0 aliphatic heterocycles. The summed E-state index contributed by atoms with van der Waals surface area (Å²) in [6, 6.07) is 4.98. The van der Waals surface area contributed by atoms with Crippen molar-refractivity contribution < 1.29 is 0 Å². The quantitative estimate of drug-likeness (QED) is 0.733. The maximum Gasteiger partial charge on any atom is 0.191 e. The molecule has 2 aromatic heterocycles. The van der Waals surface area contributed by atoms with Gasteiger partial charge in [0, 0.05) is 22.6 Å². The van der Waals surface area contributed by atoms with Crippen molar-refractivity contribution in [2.45, 2.75) is 48.6 Å². The van der Waals surface area contributed by atoms with Crippen LogP contribution in [-0.2, 0) is 5.75 Å². The predicted molar refractivity (Wildman–Crippen MR) is 81.8 cm³/mol. The van der Waals surface area contributed by atoms with Gasteiger partial charge >= 0.3 is 0 Å². The van der Waals surface area contributed by atoms with E-state index in [2.05, 4.69) is 42.8 Å². The van der Waals surface area contributed by atoms with E-state index in [0.717, 1.165) is 10.9 Å². The van der Waals surface area contributed by atoms with E-state index in [1.54, 1.807) is 11.3 Å². The lowest BCUT2D eigenvalue weighted by Crippen LogP contribution is -2.01. The fourth-order valence-corrected chi connectivity index (χ4v) is 4.79. The van der Waals surface area contributed by atoms with Crippen LogP contribution in [0.3, 0.4) is 0 Å². The molecular weight excluding hydrogens is 342 g/mol. The molecule has 0 amide bonds. The Morgan fingerprint density at radius 3 is 2.74 bits per heavy atom. The SMILES string of the molecule is Brc1ccc(CSc2nnc(C3CC3)n2C2CC2)s1. The Balaban J connectivity index is 1.53. The van der Waals surface area contributed by atoms with Crippen LogP contribution in [0.5, 0.6) is 0 Å². The minimum atomic E-state index is 0.683. The first kappa shape index (κ1) is 12.4. The van der Waals surface area contributed by atoms with Crippen LogP contribution < -0.4 is 0 Å². The monoisotopic (exact) mass is 355 g/mol. The molecular formula is C13H14BrN3S2. The maximum atomic E-state index is 4.44. The van der Waals surface area contributed by atoms with Gasteiger partial charge < -0.3 is 4.57 Å². The van der Waals surface area contributed by atoms with Crippen molar-refractivity contribution in [2.75, 3.05) is 0 Å². The number of hydrogen-bond donors (Lipinski definition) is 0. The smallest absolute Gasteiger partial charge is 0.191 e. The van der Waals surface area contributed by atoms with E-state index in [4.69, 9.17) is 0 Å². The first-order valence-electron chi connectivity index (χ1n) is 6.63. The Morgan fingerprint density at radius 2 is 2.11 bits per heavy atom. The number of thiophene rings is 1. The van der Waals surface area contributed by atoms with Crippen LogP contribution in [0.4, 0.5) is 0 Å². The summed E-state index contributed by atoms with van der Waals surface area (Å²) in [6.45, 7) is 0. The summed E-state index contributed by atoms with van der Waals surface area (Å²) in [7, 11) is 0. The van der Waals surface area contributed by atoms with Crippen LogP contribution >= 0.6 is 39.0 Å². The van der Waals surface area contributed by atoms with E-state index < -0.39 is 0 Å². The van der Waals surface area contributed by atoms with Gasteiger partial charge in [-0.2, -0.15) is 0 Å². The second-order valence-electron chi connectivity index (χ2n) is 5.21. The molecule has 6 heteroatoms. The molecule has 0 saturated heterocycles. The lowest BCUT2D eigenvalue weighted by atomic mass is 10.4. The van der Waals surface area contributed by atoms with Gasteiger partial charge in [0.2, 0.25) is 0 Å². The van der Waals surface area contributed by atoms with Gasteiger partial charge in [0.1, 0.15) is 5.82 Å². The highest BCUT2D eigenvalue weighted by Crippen LogP contribution is 2.46. The highest BCUT2D eigenvalue weighted by atomic mass is 79.9. The van der Waals surface area contributed by atoms with Gasteiger partial charge in [0.25, 0.3) is 0 Å². The third-order valence-electron chi connectivity index (χ3n) is 3.52. The van der Waals surface area contributed by atoms with Crippen molar-refractivity contribution >= 4 is 39.0 Å². The minimum Gasteiger partial charge on any atom is -0.303 e. The molecule has 19 heavy (non-hydrogen) atoms. The van der Waals surface area contributed by atoms with Crippen molar-refractivity contribution in [1.82, 2.24) is 14.8 Å². The zero-order valence-electron chi connectivity index (χ0n) is 10.4. The number of nitrogens with zero attached hydrogens (tertiary/aromatic N) is 3. The molecule has 2 aliphatic carbocycles. The summed E-state index contributed by atoms with van der Waals surface area (Å²) in [6.07, 6.45) is 5.20. The predicted octanol–water partition coefficient (Wildman–Crippen LogP) is 4.61. The summed E-state index contributed by atoms with van der Waals surface area (Å²) >= 11 is 7.14. The standard InChI is InChI=1S/C13H14BrN3S2/c14-11-6-5-10(19-11)7-18-13-16-15-12(8-1-2-8)17(13)9-3-4-9/h5-6,8-9H,1-4,7H2. The van der Waals surface area contributed by atoms with Crippen LogP contribution in [0.25, 0.3) is 0 Å². The Morgan fingerprint density at radius 1 is 1.26 bits per heavy atom. The average Bonchev–Trinajstić information content (AvgIpc) is 3.33. The van der Waals surface area contributed by atoms with Gasteiger partial charge in [-0.25, -0.2) is 0 Å². The number of hydrogen-bond acceptors (Lipinski definition) is 4. The van der Waals surface area contributed by atoms with Crippen LogP contribution in [0, 0.1) is 0 Å². The molecule has 4 rings (SSSR count). The molecule has 0 N–H and O–H groups in total. The highest BCUT2D eigenvalue weighted by Gasteiger charge is 2.36. The Kier molecular flexibility index (Phi) is 3.20. The van der Waals surface area contributed by atoms with Gasteiger partial charge in [-0.05, 0) is 53.7 Å². The molecule has 2 saturated carbocycles. The topological polar surface area (TPSA) is 30.7 Å². The Hall–Kier alpha value is -0.330. The fraction of sp³-hybridized carbons (Fsp3) is 0.538. The molecule has 100 valence electrons. The van der Waals surface area contributed by atoms with Crippen molar-refractivity contribution in [3.8, 4) is 0 Å². The largest absolute Gasteiger partial charge is 0.303 e. The average molecular weight is 356 g/mol. The van der Waals surface area contributed by atoms with E-state index in [1.165, 1.54) is 40.2 Å². The summed E-state index contributed by atoms with van der Waals surface area (Å²) in [5.74, 6) is 2.93. The molecule has 0 radical (unpaired) electrons. The number of thioether (sulfide) groups is 1. The van der Waals surface area contributed by atoms with Gasteiger partial charge in [-0.1, -0.05) is 11.8 Å². The summed E-state index contributed by atoms with van der Waals surface area (Å²) in [5.41, 5.74) is 0. The third-order valence-corrected chi connectivity index (χ3v) is 6.32. The van der Waals surface area contributed by atoms with E-state index in [9.17, 15) is 0 Å². The third kappa shape index (κ3) is 2.62. The molecule has 0 atom stereocenters. The second-order valence-corrected chi connectivity index (χ2v) is 8.70. The number of aromatic nitrogens is 3. The molecule has 0 bridgehead atoms. The molecule has 0 spiro atoms. The van der Waals surface area contributed by atoms with Crippen molar-refractivity contribution in [2.24, 2.45) is 0 Å². The van der Waals surface area contributed by atoms with Gasteiger partial charge in [0.15, 0.2) is 5.16 Å². The lowest BCUT2D eigenvalue weighted by molar-refractivity contribution is 0.627. The zero-order chi connectivity index (χ0) is 12.8. The van der Waals surface area contributed by atoms with Crippen LogP contribution in [0.2, 0.25) is 0 Å². The molecule has 2 fully saturated rings. The lowest BCUT2D eigenvalue weighted by Gasteiger charge is -2.07. The Bertz CT molecular complexity index is 599.